The van der Waals surface area contributed by atoms with Gasteiger partial charge in [0.15, 0.2) is 0 Å². The molecule has 0 amide bonds. The van der Waals surface area contributed by atoms with Gasteiger partial charge in [-0.1, -0.05) is 6.08 Å². The highest BCUT2D eigenvalue weighted by atomic mass is 15.1. The topological polar surface area (TPSA) is 61.9 Å². The van der Waals surface area contributed by atoms with Gasteiger partial charge in [0, 0.05) is 25.2 Å². The van der Waals surface area contributed by atoms with Crippen molar-refractivity contribution in [2.45, 2.75) is 18.9 Å². The summed E-state index contributed by atoms with van der Waals surface area (Å²) in [5, 5.41) is 9.93. The van der Waals surface area contributed by atoms with Gasteiger partial charge < -0.3 is 16.0 Å². The van der Waals surface area contributed by atoms with Gasteiger partial charge in [-0.2, -0.15) is 0 Å². The van der Waals surface area contributed by atoms with Crippen LogP contribution in [0.2, 0.25) is 0 Å². The van der Waals surface area contributed by atoms with Crippen LogP contribution in [0.3, 0.4) is 0 Å². The Morgan fingerprint density at radius 2 is 2.35 bits per heavy atom. The predicted octanol–water partition coefficient (Wildman–Crippen LogP) is 1.24. The summed E-state index contributed by atoms with van der Waals surface area (Å²) in [5.41, 5.74) is 0. The number of hydrogen-bond acceptors (Lipinski definition) is 5. The van der Waals surface area contributed by atoms with Crippen molar-refractivity contribution in [2.75, 3.05) is 30.3 Å². The second-order valence-electron chi connectivity index (χ2n) is 4.15. The summed E-state index contributed by atoms with van der Waals surface area (Å²) in [6.45, 7) is 6.49. The van der Waals surface area contributed by atoms with Gasteiger partial charge >= 0.3 is 0 Å². The van der Waals surface area contributed by atoms with E-state index in [9.17, 15) is 0 Å². The van der Waals surface area contributed by atoms with Crippen molar-refractivity contribution in [3.8, 4) is 0 Å². The minimum absolute atomic E-state index is 0.464. The van der Waals surface area contributed by atoms with Gasteiger partial charge in [-0.05, 0) is 19.4 Å². The standard InChI is InChI=1S/C12H19N5/c1-2-5-14-11-7-12(16-9-15-11)17-10-4-3-6-13-8-10/h2,7,9-10,13H,1,3-6,8H2,(H2,14,15,16,17). The minimum Gasteiger partial charge on any atom is -0.366 e. The van der Waals surface area contributed by atoms with E-state index in [1.165, 1.54) is 12.8 Å². The van der Waals surface area contributed by atoms with E-state index in [2.05, 4.69) is 32.5 Å². The van der Waals surface area contributed by atoms with E-state index in [4.69, 9.17) is 0 Å². The first kappa shape index (κ1) is 11.9. The quantitative estimate of drug-likeness (QED) is 0.668. The first-order chi connectivity index (χ1) is 8.38. The monoisotopic (exact) mass is 233 g/mol. The molecule has 1 unspecified atom stereocenters. The molecule has 2 heterocycles. The Kier molecular flexibility index (Phi) is 4.32. The highest BCUT2D eigenvalue weighted by molar-refractivity contribution is 5.47. The zero-order valence-corrected chi connectivity index (χ0v) is 9.95. The summed E-state index contributed by atoms with van der Waals surface area (Å²) in [5.74, 6) is 1.70. The average molecular weight is 233 g/mol. The predicted molar refractivity (Wildman–Crippen MR) is 70.2 cm³/mol. The molecule has 1 aromatic rings. The molecule has 1 atom stereocenters. The maximum Gasteiger partial charge on any atom is 0.131 e. The molecular formula is C12H19N5. The zero-order valence-electron chi connectivity index (χ0n) is 9.95. The van der Waals surface area contributed by atoms with E-state index >= 15 is 0 Å². The Morgan fingerprint density at radius 3 is 3.12 bits per heavy atom. The molecule has 0 aliphatic carbocycles. The van der Waals surface area contributed by atoms with E-state index < -0.39 is 0 Å². The summed E-state index contributed by atoms with van der Waals surface area (Å²) in [6, 6.07) is 2.39. The first-order valence-electron chi connectivity index (χ1n) is 6.02. The molecule has 1 aromatic heterocycles. The van der Waals surface area contributed by atoms with Crippen LogP contribution in [0, 0.1) is 0 Å². The fraction of sp³-hybridized carbons (Fsp3) is 0.500. The van der Waals surface area contributed by atoms with Gasteiger partial charge in [-0.25, -0.2) is 9.97 Å². The normalized spacial score (nSPS) is 19.6. The van der Waals surface area contributed by atoms with Crippen LogP contribution in [-0.2, 0) is 0 Å². The van der Waals surface area contributed by atoms with Crippen molar-refractivity contribution in [3.63, 3.8) is 0 Å². The minimum atomic E-state index is 0.464. The molecule has 92 valence electrons. The Balaban J connectivity index is 1.92. The fourth-order valence-electron chi connectivity index (χ4n) is 1.89. The molecule has 0 radical (unpaired) electrons. The largest absolute Gasteiger partial charge is 0.366 e. The molecule has 0 saturated carbocycles. The highest BCUT2D eigenvalue weighted by Gasteiger charge is 2.12. The van der Waals surface area contributed by atoms with Crippen LogP contribution < -0.4 is 16.0 Å². The summed E-state index contributed by atoms with van der Waals surface area (Å²) in [7, 11) is 0. The van der Waals surface area contributed by atoms with E-state index in [0.717, 1.165) is 24.7 Å². The van der Waals surface area contributed by atoms with E-state index in [-0.39, 0.29) is 0 Å². The van der Waals surface area contributed by atoms with Crippen LogP contribution in [-0.4, -0.2) is 35.6 Å². The van der Waals surface area contributed by atoms with Crippen LogP contribution in [0.25, 0.3) is 0 Å². The SMILES string of the molecule is C=CCNc1cc(NC2CCCNC2)ncn1. The van der Waals surface area contributed by atoms with E-state index in [1.807, 2.05) is 6.07 Å². The Morgan fingerprint density at radius 1 is 1.47 bits per heavy atom. The number of nitrogens with one attached hydrogen (secondary N) is 3. The van der Waals surface area contributed by atoms with Crippen LogP contribution in [0.4, 0.5) is 11.6 Å². The van der Waals surface area contributed by atoms with Crippen molar-refractivity contribution in [1.29, 1.82) is 0 Å². The number of rotatable bonds is 5. The number of nitrogens with zero attached hydrogens (tertiary/aromatic N) is 2. The summed E-state index contributed by atoms with van der Waals surface area (Å²) >= 11 is 0. The average Bonchev–Trinajstić information content (AvgIpc) is 2.38. The first-order valence-corrected chi connectivity index (χ1v) is 6.02. The third-order valence-corrected chi connectivity index (χ3v) is 2.74. The van der Waals surface area contributed by atoms with Gasteiger partial charge in [0.25, 0.3) is 0 Å². The van der Waals surface area contributed by atoms with Gasteiger partial charge in [0.2, 0.25) is 0 Å². The van der Waals surface area contributed by atoms with Gasteiger partial charge in [0.1, 0.15) is 18.0 Å². The zero-order chi connectivity index (χ0) is 11.9. The van der Waals surface area contributed by atoms with Crippen molar-refractivity contribution in [3.05, 3.63) is 25.0 Å². The third kappa shape index (κ3) is 3.71. The van der Waals surface area contributed by atoms with E-state index in [1.54, 1.807) is 12.4 Å². The molecule has 0 bridgehead atoms. The highest BCUT2D eigenvalue weighted by Crippen LogP contribution is 2.12. The molecule has 1 aliphatic rings. The van der Waals surface area contributed by atoms with Crippen molar-refractivity contribution < 1.29 is 0 Å². The molecule has 1 aliphatic heterocycles. The van der Waals surface area contributed by atoms with Crippen LogP contribution >= 0.6 is 0 Å². The number of piperidine rings is 1. The fourth-order valence-corrected chi connectivity index (χ4v) is 1.89. The lowest BCUT2D eigenvalue weighted by Crippen LogP contribution is -2.38. The maximum atomic E-state index is 4.23. The van der Waals surface area contributed by atoms with Gasteiger partial charge in [-0.3, -0.25) is 0 Å². The molecule has 2 rings (SSSR count). The number of anilines is 2. The molecule has 0 spiro atoms. The molecule has 0 aromatic carbocycles. The lowest BCUT2D eigenvalue weighted by Gasteiger charge is -2.24. The smallest absolute Gasteiger partial charge is 0.131 e. The summed E-state index contributed by atoms with van der Waals surface area (Å²) < 4.78 is 0. The summed E-state index contributed by atoms with van der Waals surface area (Å²) in [6.07, 6.45) is 5.78. The van der Waals surface area contributed by atoms with Crippen molar-refractivity contribution in [2.24, 2.45) is 0 Å². The molecule has 5 nitrogen and oxygen atoms in total. The van der Waals surface area contributed by atoms with Crippen molar-refractivity contribution >= 4 is 11.6 Å². The lowest BCUT2D eigenvalue weighted by molar-refractivity contribution is 0.479. The molecule has 5 heteroatoms. The molecule has 3 N–H and O–H groups in total. The Labute approximate surface area is 102 Å². The van der Waals surface area contributed by atoms with Crippen LogP contribution in [0.5, 0.6) is 0 Å². The third-order valence-electron chi connectivity index (χ3n) is 2.74. The lowest BCUT2D eigenvalue weighted by atomic mass is 10.1. The second kappa shape index (κ2) is 6.20. The van der Waals surface area contributed by atoms with Crippen LogP contribution in [0.1, 0.15) is 12.8 Å². The van der Waals surface area contributed by atoms with Crippen molar-refractivity contribution in [1.82, 2.24) is 15.3 Å². The summed E-state index contributed by atoms with van der Waals surface area (Å²) in [4.78, 5) is 8.37. The molecule has 17 heavy (non-hydrogen) atoms. The molecule has 1 fully saturated rings. The number of hydrogen-bond donors (Lipinski definition) is 3. The Hall–Kier alpha value is -1.62. The van der Waals surface area contributed by atoms with Gasteiger partial charge in [0.05, 0.1) is 0 Å². The number of aromatic nitrogens is 2. The second-order valence-corrected chi connectivity index (χ2v) is 4.15. The van der Waals surface area contributed by atoms with Crippen LogP contribution in [0.15, 0.2) is 25.0 Å². The Bertz CT molecular complexity index is 360. The molecular weight excluding hydrogens is 214 g/mol. The van der Waals surface area contributed by atoms with E-state index in [0.29, 0.717) is 12.6 Å². The van der Waals surface area contributed by atoms with Gasteiger partial charge in [-0.15, -0.1) is 6.58 Å². The maximum absolute atomic E-state index is 4.23. The molecule has 1 saturated heterocycles.